The van der Waals surface area contributed by atoms with Crippen LogP contribution in [0, 0.1) is 0 Å². The number of piperidine rings is 1. The standard InChI is InChI=1S/C16H17Cl2N3O2S/c17-10-6-11(18)8-12(7-10)19-14(22)9-13-15(23)20-16(24-13)21-4-2-1-3-5-21/h6-8,13H,1-5,9H2,(H,19,22). The monoisotopic (exact) mass is 385 g/mol. The normalized spacial score (nSPS) is 20.9. The van der Waals surface area contributed by atoms with E-state index in [-0.39, 0.29) is 18.2 Å². The van der Waals surface area contributed by atoms with E-state index >= 15 is 0 Å². The van der Waals surface area contributed by atoms with Crippen molar-refractivity contribution in [3.8, 4) is 0 Å². The lowest BCUT2D eigenvalue weighted by Gasteiger charge is -2.27. The Bertz CT molecular complexity index is 670. The predicted molar refractivity (Wildman–Crippen MR) is 99.0 cm³/mol. The zero-order valence-electron chi connectivity index (χ0n) is 12.9. The number of amidine groups is 1. The summed E-state index contributed by atoms with van der Waals surface area (Å²) >= 11 is 13.2. The Morgan fingerprint density at radius 2 is 1.88 bits per heavy atom. The first-order valence-corrected chi connectivity index (χ1v) is 9.45. The van der Waals surface area contributed by atoms with Crippen molar-refractivity contribution in [1.82, 2.24) is 4.90 Å². The van der Waals surface area contributed by atoms with Crippen molar-refractivity contribution in [3.63, 3.8) is 0 Å². The third-order valence-electron chi connectivity index (χ3n) is 3.87. The van der Waals surface area contributed by atoms with Crippen LogP contribution in [0.1, 0.15) is 25.7 Å². The highest BCUT2D eigenvalue weighted by Crippen LogP contribution is 2.29. The van der Waals surface area contributed by atoms with Crippen LogP contribution in [0.15, 0.2) is 23.2 Å². The van der Waals surface area contributed by atoms with Crippen molar-refractivity contribution < 1.29 is 9.59 Å². The van der Waals surface area contributed by atoms with E-state index < -0.39 is 5.25 Å². The van der Waals surface area contributed by atoms with Gasteiger partial charge in [-0.3, -0.25) is 9.59 Å². The van der Waals surface area contributed by atoms with Gasteiger partial charge < -0.3 is 10.2 Å². The van der Waals surface area contributed by atoms with Crippen molar-refractivity contribution in [2.24, 2.45) is 4.99 Å². The van der Waals surface area contributed by atoms with Crippen LogP contribution in [-0.2, 0) is 9.59 Å². The molecule has 0 aromatic heterocycles. The summed E-state index contributed by atoms with van der Waals surface area (Å²) in [7, 11) is 0. The number of aliphatic imine (C=N–C) groups is 1. The Morgan fingerprint density at radius 3 is 2.54 bits per heavy atom. The maximum Gasteiger partial charge on any atom is 0.262 e. The number of carbonyl (C=O) groups excluding carboxylic acids is 2. The van der Waals surface area contributed by atoms with Gasteiger partial charge in [-0.2, -0.15) is 4.99 Å². The molecular weight excluding hydrogens is 369 g/mol. The predicted octanol–water partition coefficient (Wildman–Crippen LogP) is 3.81. The fourth-order valence-corrected chi connectivity index (χ4v) is 4.38. The van der Waals surface area contributed by atoms with Crippen molar-refractivity contribution >= 4 is 57.6 Å². The van der Waals surface area contributed by atoms with Crippen molar-refractivity contribution in [2.75, 3.05) is 18.4 Å². The van der Waals surface area contributed by atoms with Gasteiger partial charge in [-0.1, -0.05) is 35.0 Å². The minimum Gasteiger partial charge on any atom is -0.351 e. The molecule has 0 bridgehead atoms. The molecule has 2 heterocycles. The lowest BCUT2D eigenvalue weighted by Crippen LogP contribution is -2.33. The molecule has 0 spiro atoms. The average Bonchev–Trinajstić information content (AvgIpc) is 2.88. The quantitative estimate of drug-likeness (QED) is 0.858. The number of thioether (sulfide) groups is 1. The number of rotatable bonds is 3. The summed E-state index contributed by atoms with van der Waals surface area (Å²) in [5.41, 5.74) is 0.519. The van der Waals surface area contributed by atoms with Gasteiger partial charge in [0.25, 0.3) is 5.91 Å². The van der Waals surface area contributed by atoms with Crippen LogP contribution < -0.4 is 5.32 Å². The molecule has 5 nitrogen and oxygen atoms in total. The highest BCUT2D eigenvalue weighted by atomic mass is 35.5. The van der Waals surface area contributed by atoms with E-state index in [0.717, 1.165) is 31.1 Å². The Hall–Kier alpha value is -1.24. The summed E-state index contributed by atoms with van der Waals surface area (Å²) in [4.78, 5) is 30.5. The van der Waals surface area contributed by atoms with Crippen LogP contribution in [-0.4, -0.2) is 40.2 Å². The molecule has 2 amide bonds. The summed E-state index contributed by atoms with van der Waals surface area (Å²) in [5, 5.41) is 3.91. The topological polar surface area (TPSA) is 61.8 Å². The number of carbonyl (C=O) groups is 2. The molecule has 0 radical (unpaired) electrons. The number of hydrogen-bond acceptors (Lipinski definition) is 4. The molecule has 1 atom stereocenters. The summed E-state index contributed by atoms with van der Waals surface area (Å²) < 4.78 is 0. The Balaban J connectivity index is 1.56. The lowest BCUT2D eigenvalue weighted by molar-refractivity contribution is -0.121. The molecule has 24 heavy (non-hydrogen) atoms. The van der Waals surface area contributed by atoms with Gasteiger partial charge in [0.15, 0.2) is 5.17 Å². The molecule has 1 aromatic carbocycles. The maximum absolute atomic E-state index is 12.2. The zero-order chi connectivity index (χ0) is 17.1. The van der Waals surface area contributed by atoms with E-state index in [9.17, 15) is 9.59 Å². The van der Waals surface area contributed by atoms with Gasteiger partial charge >= 0.3 is 0 Å². The molecule has 1 saturated heterocycles. The van der Waals surface area contributed by atoms with E-state index in [1.165, 1.54) is 18.2 Å². The summed E-state index contributed by atoms with van der Waals surface area (Å²) in [6.45, 7) is 1.86. The smallest absolute Gasteiger partial charge is 0.262 e. The van der Waals surface area contributed by atoms with Crippen molar-refractivity contribution in [1.29, 1.82) is 0 Å². The first-order valence-electron chi connectivity index (χ1n) is 7.81. The lowest BCUT2D eigenvalue weighted by atomic mass is 10.1. The second-order valence-corrected chi connectivity index (χ2v) is 7.84. The molecule has 0 aliphatic carbocycles. The molecule has 1 aromatic rings. The van der Waals surface area contributed by atoms with Gasteiger partial charge in [0.1, 0.15) is 5.25 Å². The van der Waals surface area contributed by atoms with Gasteiger partial charge in [0.2, 0.25) is 5.91 Å². The van der Waals surface area contributed by atoms with Crippen LogP contribution in [0.4, 0.5) is 5.69 Å². The van der Waals surface area contributed by atoms with Crippen LogP contribution in [0.5, 0.6) is 0 Å². The number of anilines is 1. The highest BCUT2D eigenvalue weighted by molar-refractivity contribution is 8.15. The van der Waals surface area contributed by atoms with Gasteiger partial charge in [0, 0.05) is 35.2 Å². The fraction of sp³-hybridized carbons (Fsp3) is 0.438. The van der Waals surface area contributed by atoms with Crippen LogP contribution in [0.2, 0.25) is 10.0 Å². The Morgan fingerprint density at radius 1 is 1.21 bits per heavy atom. The van der Waals surface area contributed by atoms with E-state index in [1.807, 2.05) is 0 Å². The number of nitrogens with zero attached hydrogens (tertiary/aromatic N) is 2. The Kier molecular flexibility index (Phi) is 5.69. The average molecular weight is 386 g/mol. The molecule has 0 saturated carbocycles. The molecular formula is C16H17Cl2N3O2S. The third-order valence-corrected chi connectivity index (χ3v) is 5.52. The minimum absolute atomic E-state index is 0.0778. The zero-order valence-corrected chi connectivity index (χ0v) is 15.3. The molecule has 2 aliphatic heterocycles. The maximum atomic E-state index is 12.2. The second kappa shape index (κ2) is 7.76. The van der Waals surface area contributed by atoms with Gasteiger partial charge in [-0.15, -0.1) is 0 Å². The second-order valence-electron chi connectivity index (χ2n) is 5.80. The number of amides is 2. The van der Waals surface area contributed by atoms with Crippen molar-refractivity contribution in [3.05, 3.63) is 28.2 Å². The molecule has 1 N–H and O–H groups in total. The third kappa shape index (κ3) is 4.43. The number of nitrogens with one attached hydrogen (secondary N) is 1. The van der Waals surface area contributed by atoms with Gasteiger partial charge in [-0.25, -0.2) is 0 Å². The number of benzene rings is 1. The van der Waals surface area contributed by atoms with E-state index in [1.54, 1.807) is 18.2 Å². The van der Waals surface area contributed by atoms with E-state index in [0.29, 0.717) is 15.7 Å². The van der Waals surface area contributed by atoms with Crippen LogP contribution in [0.25, 0.3) is 0 Å². The highest BCUT2D eigenvalue weighted by Gasteiger charge is 2.33. The summed E-state index contributed by atoms with van der Waals surface area (Å²) in [5.74, 6) is -0.492. The van der Waals surface area contributed by atoms with E-state index in [2.05, 4.69) is 15.2 Å². The van der Waals surface area contributed by atoms with Gasteiger partial charge in [-0.05, 0) is 37.5 Å². The first-order chi connectivity index (χ1) is 11.5. The molecule has 1 unspecified atom stereocenters. The molecule has 2 aliphatic rings. The van der Waals surface area contributed by atoms with Crippen LogP contribution in [0.3, 0.4) is 0 Å². The number of hydrogen-bond donors (Lipinski definition) is 1. The first kappa shape index (κ1) is 17.6. The van der Waals surface area contributed by atoms with E-state index in [4.69, 9.17) is 23.2 Å². The molecule has 8 heteroatoms. The Labute approximate surface area is 154 Å². The fourth-order valence-electron chi connectivity index (χ4n) is 2.74. The SMILES string of the molecule is O=C(CC1SC(N2CCCCC2)=NC1=O)Nc1cc(Cl)cc(Cl)c1. The number of halogens is 2. The largest absolute Gasteiger partial charge is 0.351 e. The molecule has 128 valence electrons. The summed E-state index contributed by atoms with van der Waals surface area (Å²) in [6.07, 6.45) is 3.54. The summed E-state index contributed by atoms with van der Waals surface area (Å²) in [6, 6.07) is 4.82. The minimum atomic E-state index is -0.461. The van der Waals surface area contributed by atoms with Gasteiger partial charge in [0.05, 0.1) is 0 Å². The number of likely N-dealkylation sites (tertiary alicyclic amines) is 1. The van der Waals surface area contributed by atoms with Crippen LogP contribution >= 0.6 is 35.0 Å². The van der Waals surface area contributed by atoms with Crippen molar-refractivity contribution in [2.45, 2.75) is 30.9 Å². The molecule has 1 fully saturated rings. The molecule has 3 rings (SSSR count).